The molecule has 0 unspecified atom stereocenters. The second-order valence-electron chi connectivity index (χ2n) is 2.80. The van der Waals surface area contributed by atoms with Crippen molar-refractivity contribution in [2.45, 2.75) is 12.8 Å². The van der Waals surface area contributed by atoms with Crippen molar-refractivity contribution >= 4 is 11.7 Å². The zero-order valence-electron chi connectivity index (χ0n) is 7.86. The van der Waals surface area contributed by atoms with Crippen LogP contribution in [-0.4, -0.2) is 23.2 Å². The third-order valence-corrected chi connectivity index (χ3v) is 1.86. The molecule has 0 aliphatic heterocycles. The van der Waals surface area contributed by atoms with Gasteiger partial charge in [0, 0.05) is 12.0 Å². The molecule has 3 N–H and O–H groups in total. The normalized spacial score (nSPS) is 9.79. The largest absolute Gasteiger partial charge is 0.495 e. The summed E-state index contributed by atoms with van der Waals surface area (Å²) in [7, 11) is 1.50. The number of nitrogens with two attached hydrogens (primary N) is 1. The van der Waals surface area contributed by atoms with Crippen LogP contribution in [0.5, 0.6) is 5.75 Å². The molecule has 0 saturated carbocycles. The molecule has 0 spiro atoms. The number of methoxy groups -OCH3 is 1. The molecule has 5 nitrogen and oxygen atoms in total. The van der Waals surface area contributed by atoms with Crippen molar-refractivity contribution in [3.05, 3.63) is 18.0 Å². The van der Waals surface area contributed by atoms with Gasteiger partial charge in [-0.1, -0.05) is 0 Å². The van der Waals surface area contributed by atoms with Crippen molar-refractivity contribution in [1.29, 1.82) is 0 Å². The number of carboxylic acids is 1. The van der Waals surface area contributed by atoms with Crippen LogP contribution in [0.25, 0.3) is 0 Å². The second-order valence-corrected chi connectivity index (χ2v) is 2.80. The molecular weight excluding hydrogens is 184 g/mol. The van der Waals surface area contributed by atoms with Crippen LogP contribution in [0.3, 0.4) is 0 Å². The topological polar surface area (TPSA) is 85.4 Å². The number of anilines is 1. The van der Waals surface area contributed by atoms with Gasteiger partial charge in [-0.25, -0.2) is 0 Å². The fraction of sp³-hybridized carbons (Fsp3) is 0.333. The van der Waals surface area contributed by atoms with E-state index in [2.05, 4.69) is 4.98 Å². The van der Waals surface area contributed by atoms with E-state index in [9.17, 15) is 4.79 Å². The number of hydrogen-bond acceptors (Lipinski definition) is 4. The van der Waals surface area contributed by atoms with E-state index >= 15 is 0 Å². The number of carboxylic acid groups (broad SMARTS) is 1. The van der Waals surface area contributed by atoms with Gasteiger partial charge in [-0.3, -0.25) is 9.78 Å². The summed E-state index contributed by atoms with van der Waals surface area (Å²) >= 11 is 0. The highest BCUT2D eigenvalue weighted by molar-refractivity contribution is 5.68. The Balaban J connectivity index is 2.87. The average molecular weight is 196 g/mol. The Bertz CT molecular complexity index is 339. The minimum atomic E-state index is -0.858. The SMILES string of the molecule is COc1cncc(N)c1CCC(=O)O. The van der Waals surface area contributed by atoms with Crippen molar-refractivity contribution in [2.24, 2.45) is 0 Å². The van der Waals surface area contributed by atoms with E-state index in [0.29, 0.717) is 23.4 Å². The van der Waals surface area contributed by atoms with Crippen molar-refractivity contribution in [2.75, 3.05) is 12.8 Å². The van der Waals surface area contributed by atoms with Crippen LogP contribution in [0, 0.1) is 0 Å². The van der Waals surface area contributed by atoms with E-state index in [4.69, 9.17) is 15.6 Å². The third-order valence-electron chi connectivity index (χ3n) is 1.86. The van der Waals surface area contributed by atoms with Gasteiger partial charge in [-0.15, -0.1) is 0 Å². The van der Waals surface area contributed by atoms with Gasteiger partial charge in [-0.05, 0) is 6.42 Å². The van der Waals surface area contributed by atoms with E-state index in [1.165, 1.54) is 19.5 Å². The lowest BCUT2D eigenvalue weighted by Gasteiger charge is -2.08. The van der Waals surface area contributed by atoms with Gasteiger partial charge in [0.05, 0.1) is 25.2 Å². The smallest absolute Gasteiger partial charge is 0.303 e. The number of hydrogen-bond donors (Lipinski definition) is 2. The minimum Gasteiger partial charge on any atom is -0.495 e. The van der Waals surface area contributed by atoms with Crippen LogP contribution in [0.2, 0.25) is 0 Å². The number of aliphatic carboxylic acids is 1. The zero-order chi connectivity index (χ0) is 10.6. The van der Waals surface area contributed by atoms with Gasteiger partial charge < -0.3 is 15.6 Å². The summed E-state index contributed by atoms with van der Waals surface area (Å²) in [5.74, 6) is -0.325. The van der Waals surface area contributed by atoms with E-state index in [1.54, 1.807) is 0 Å². The van der Waals surface area contributed by atoms with Crippen LogP contribution in [0.4, 0.5) is 5.69 Å². The van der Waals surface area contributed by atoms with Gasteiger partial charge in [0.15, 0.2) is 0 Å². The molecule has 0 aliphatic rings. The Hall–Kier alpha value is -1.78. The number of nitrogen functional groups attached to an aromatic ring is 1. The Morgan fingerprint density at radius 2 is 2.36 bits per heavy atom. The number of rotatable bonds is 4. The van der Waals surface area contributed by atoms with Crippen LogP contribution in [0.1, 0.15) is 12.0 Å². The van der Waals surface area contributed by atoms with Crippen LogP contribution in [0.15, 0.2) is 12.4 Å². The van der Waals surface area contributed by atoms with Crippen LogP contribution < -0.4 is 10.5 Å². The fourth-order valence-electron chi connectivity index (χ4n) is 1.16. The third kappa shape index (κ3) is 2.35. The number of aromatic nitrogens is 1. The van der Waals surface area contributed by atoms with Crippen molar-refractivity contribution < 1.29 is 14.6 Å². The minimum absolute atomic E-state index is 0.0323. The van der Waals surface area contributed by atoms with Gasteiger partial charge >= 0.3 is 5.97 Å². The van der Waals surface area contributed by atoms with Gasteiger partial charge in [0.2, 0.25) is 0 Å². The standard InChI is InChI=1S/C9H12N2O3/c1-14-8-5-11-4-7(10)6(8)2-3-9(12)13/h4-5H,2-3,10H2,1H3,(H,12,13). The van der Waals surface area contributed by atoms with E-state index in [-0.39, 0.29) is 6.42 Å². The predicted molar refractivity (Wildman–Crippen MR) is 51.2 cm³/mol. The molecular formula is C9H12N2O3. The van der Waals surface area contributed by atoms with Crippen molar-refractivity contribution in [3.8, 4) is 5.75 Å². The summed E-state index contributed by atoms with van der Waals surface area (Å²) in [4.78, 5) is 14.2. The quantitative estimate of drug-likeness (QED) is 0.739. The van der Waals surface area contributed by atoms with Gasteiger partial charge in [-0.2, -0.15) is 0 Å². The number of nitrogens with zero attached hydrogens (tertiary/aromatic N) is 1. The maximum Gasteiger partial charge on any atom is 0.303 e. The maximum absolute atomic E-state index is 10.4. The Kier molecular flexibility index (Phi) is 3.28. The monoisotopic (exact) mass is 196 g/mol. The van der Waals surface area contributed by atoms with E-state index < -0.39 is 5.97 Å². The summed E-state index contributed by atoms with van der Waals surface area (Å²) in [6.07, 6.45) is 3.39. The molecule has 1 rings (SSSR count). The molecule has 0 bridgehead atoms. The lowest BCUT2D eigenvalue weighted by molar-refractivity contribution is -0.136. The summed E-state index contributed by atoms with van der Waals surface area (Å²) in [6.45, 7) is 0. The molecule has 0 aliphatic carbocycles. The summed E-state index contributed by atoms with van der Waals surface area (Å²) in [6, 6.07) is 0. The first-order valence-electron chi connectivity index (χ1n) is 4.13. The van der Waals surface area contributed by atoms with Crippen molar-refractivity contribution in [1.82, 2.24) is 4.98 Å². The van der Waals surface area contributed by atoms with E-state index in [0.717, 1.165) is 0 Å². The van der Waals surface area contributed by atoms with Gasteiger partial charge in [0.25, 0.3) is 0 Å². The fourth-order valence-corrected chi connectivity index (χ4v) is 1.16. The second kappa shape index (κ2) is 4.45. The molecule has 5 heteroatoms. The molecule has 1 aromatic rings. The zero-order valence-corrected chi connectivity index (χ0v) is 7.86. The lowest BCUT2D eigenvalue weighted by atomic mass is 10.1. The van der Waals surface area contributed by atoms with Gasteiger partial charge in [0.1, 0.15) is 5.75 Å². The molecule has 1 heterocycles. The number of ether oxygens (including phenoxy) is 1. The Morgan fingerprint density at radius 1 is 1.64 bits per heavy atom. The Labute approximate surface area is 81.5 Å². The first-order valence-corrected chi connectivity index (χ1v) is 4.13. The number of carbonyl (C=O) groups is 1. The molecule has 0 fully saturated rings. The highest BCUT2D eigenvalue weighted by Gasteiger charge is 2.09. The predicted octanol–water partition coefficient (Wildman–Crippen LogP) is 0.690. The lowest BCUT2D eigenvalue weighted by Crippen LogP contribution is -2.03. The molecule has 0 atom stereocenters. The van der Waals surface area contributed by atoms with E-state index in [1.807, 2.05) is 0 Å². The molecule has 76 valence electrons. The first-order chi connectivity index (χ1) is 6.65. The highest BCUT2D eigenvalue weighted by atomic mass is 16.5. The molecule has 0 aromatic carbocycles. The molecule has 0 amide bonds. The maximum atomic E-state index is 10.4. The molecule has 0 radical (unpaired) electrons. The molecule has 1 aromatic heterocycles. The van der Waals surface area contributed by atoms with Crippen LogP contribution >= 0.6 is 0 Å². The first kappa shape index (κ1) is 10.3. The highest BCUT2D eigenvalue weighted by Crippen LogP contribution is 2.23. The van der Waals surface area contributed by atoms with Crippen LogP contribution in [-0.2, 0) is 11.2 Å². The molecule has 0 saturated heterocycles. The summed E-state index contributed by atoms with van der Waals surface area (Å²) < 4.78 is 5.02. The summed E-state index contributed by atoms with van der Waals surface area (Å²) in [5, 5.41) is 8.53. The Morgan fingerprint density at radius 3 is 2.93 bits per heavy atom. The average Bonchev–Trinajstić information content (AvgIpc) is 2.15. The summed E-state index contributed by atoms with van der Waals surface area (Å²) in [5.41, 5.74) is 6.81. The molecule has 14 heavy (non-hydrogen) atoms. The van der Waals surface area contributed by atoms with Crippen molar-refractivity contribution in [3.63, 3.8) is 0 Å². The number of pyridine rings is 1.